The monoisotopic (exact) mass is 309 g/mol. The first-order chi connectivity index (χ1) is 9.40. The molecule has 106 valence electrons. The molecule has 1 unspecified atom stereocenters. The lowest BCUT2D eigenvalue weighted by molar-refractivity contribution is 0.592. The molecule has 5 heteroatoms. The van der Waals surface area contributed by atoms with E-state index in [0.29, 0.717) is 10.6 Å². The van der Waals surface area contributed by atoms with Crippen LogP contribution in [0.25, 0.3) is 0 Å². The van der Waals surface area contributed by atoms with E-state index in [1.54, 1.807) is 31.2 Å². The summed E-state index contributed by atoms with van der Waals surface area (Å²) < 4.78 is 25.1. The number of rotatable bonds is 4. The maximum absolute atomic E-state index is 12.5. The van der Waals surface area contributed by atoms with Gasteiger partial charge in [0.05, 0.1) is 10.6 Å². The first-order valence-electron chi connectivity index (χ1n) is 6.22. The van der Waals surface area contributed by atoms with Crippen molar-refractivity contribution in [2.75, 3.05) is 0 Å². The quantitative estimate of drug-likeness (QED) is 0.942. The van der Waals surface area contributed by atoms with Crippen LogP contribution < -0.4 is 5.73 Å². The zero-order valence-electron chi connectivity index (χ0n) is 11.1. The Labute approximate surface area is 124 Å². The Morgan fingerprint density at radius 1 is 1.15 bits per heavy atom. The van der Waals surface area contributed by atoms with Crippen LogP contribution in [-0.2, 0) is 15.6 Å². The maximum atomic E-state index is 12.5. The summed E-state index contributed by atoms with van der Waals surface area (Å²) in [6, 6.07) is 13.4. The van der Waals surface area contributed by atoms with E-state index in [4.69, 9.17) is 17.3 Å². The molecule has 2 aromatic carbocycles. The Balaban J connectivity index is 2.44. The molecular formula is C15H16ClNO2S. The Kier molecular flexibility index (Phi) is 4.48. The summed E-state index contributed by atoms with van der Waals surface area (Å²) >= 11 is 5.92. The summed E-state index contributed by atoms with van der Waals surface area (Å²) in [7, 11) is -3.44. The third-order valence-electron chi connectivity index (χ3n) is 3.00. The predicted molar refractivity (Wildman–Crippen MR) is 81.4 cm³/mol. The number of hydrogen-bond acceptors (Lipinski definition) is 3. The van der Waals surface area contributed by atoms with E-state index >= 15 is 0 Å². The summed E-state index contributed by atoms with van der Waals surface area (Å²) in [5, 5.41) is 0.482. The molecule has 0 spiro atoms. The highest BCUT2D eigenvalue weighted by molar-refractivity contribution is 7.90. The lowest BCUT2D eigenvalue weighted by Crippen LogP contribution is -2.13. The van der Waals surface area contributed by atoms with Crippen molar-refractivity contribution < 1.29 is 8.42 Å². The van der Waals surface area contributed by atoms with E-state index in [-0.39, 0.29) is 10.6 Å². The number of nitrogens with two attached hydrogens (primary N) is 1. The van der Waals surface area contributed by atoms with Crippen molar-refractivity contribution in [3.8, 4) is 0 Å². The number of benzene rings is 2. The van der Waals surface area contributed by atoms with Crippen LogP contribution in [0.5, 0.6) is 0 Å². The lowest BCUT2D eigenvalue weighted by atomic mass is 10.1. The van der Waals surface area contributed by atoms with Crippen molar-refractivity contribution in [3.05, 3.63) is 64.7 Å². The fourth-order valence-corrected chi connectivity index (χ4v) is 3.88. The largest absolute Gasteiger partial charge is 0.324 e. The van der Waals surface area contributed by atoms with Crippen LogP contribution in [0.1, 0.15) is 24.1 Å². The Hall–Kier alpha value is -1.36. The van der Waals surface area contributed by atoms with Gasteiger partial charge >= 0.3 is 0 Å². The SMILES string of the molecule is CC(N)c1cc(Cl)ccc1S(=O)(=O)Cc1ccccc1. The molecule has 0 saturated carbocycles. The van der Waals surface area contributed by atoms with Gasteiger partial charge in [0.2, 0.25) is 0 Å². The fourth-order valence-electron chi connectivity index (χ4n) is 2.03. The molecule has 1 atom stereocenters. The molecule has 2 aromatic rings. The van der Waals surface area contributed by atoms with Gasteiger partial charge < -0.3 is 5.73 Å². The highest BCUT2D eigenvalue weighted by atomic mass is 35.5. The van der Waals surface area contributed by atoms with E-state index in [0.717, 1.165) is 5.56 Å². The molecule has 0 radical (unpaired) electrons. The molecule has 20 heavy (non-hydrogen) atoms. The van der Waals surface area contributed by atoms with Gasteiger partial charge in [0, 0.05) is 11.1 Å². The fraction of sp³-hybridized carbons (Fsp3) is 0.200. The third-order valence-corrected chi connectivity index (χ3v) is 4.99. The second-order valence-corrected chi connectivity index (χ2v) is 7.11. The topological polar surface area (TPSA) is 60.2 Å². The summed E-state index contributed by atoms with van der Waals surface area (Å²) in [5.41, 5.74) is 7.15. The average Bonchev–Trinajstić information content (AvgIpc) is 2.38. The first-order valence-corrected chi connectivity index (χ1v) is 8.25. The molecule has 2 rings (SSSR count). The zero-order chi connectivity index (χ0) is 14.8. The molecule has 0 fully saturated rings. The zero-order valence-corrected chi connectivity index (χ0v) is 12.7. The molecule has 2 N–H and O–H groups in total. The van der Waals surface area contributed by atoms with Gasteiger partial charge in [0.15, 0.2) is 9.84 Å². The van der Waals surface area contributed by atoms with Gasteiger partial charge in [-0.25, -0.2) is 8.42 Å². The predicted octanol–water partition coefficient (Wildman–Crippen LogP) is 3.33. The van der Waals surface area contributed by atoms with Gasteiger partial charge in [0.1, 0.15) is 0 Å². The van der Waals surface area contributed by atoms with Gasteiger partial charge in [-0.05, 0) is 36.2 Å². The van der Waals surface area contributed by atoms with Gasteiger partial charge in [0.25, 0.3) is 0 Å². The van der Waals surface area contributed by atoms with Crippen LogP contribution in [0, 0.1) is 0 Å². The second-order valence-electron chi connectivity index (χ2n) is 4.72. The summed E-state index contributed by atoms with van der Waals surface area (Å²) in [6.07, 6.45) is 0. The smallest absolute Gasteiger partial charge is 0.182 e. The van der Waals surface area contributed by atoms with Gasteiger partial charge in [-0.2, -0.15) is 0 Å². The minimum absolute atomic E-state index is 0.0464. The second kappa shape index (κ2) is 5.95. The highest BCUT2D eigenvalue weighted by Gasteiger charge is 2.21. The molecule has 0 aliphatic heterocycles. The molecule has 0 amide bonds. The van der Waals surface area contributed by atoms with E-state index < -0.39 is 15.9 Å². The summed E-state index contributed by atoms with van der Waals surface area (Å²) in [4.78, 5) is 0.251. The van der Waals surface area contributed by atoms with Crippen LogP contribution in [0.2, 0.25) is 5.02 Å². The van der Waals surface area contributed by atoms with Gasteiger partial charge in [-0.15, -0.1) is 0 Å². The van der Waals surface area contributed by atoms with Gasteiger partial charge in [-0.1, -0.05) is 41.9 Å². The van der Waals surface area contributed by atoms with Crippen molar-refractivity contribution in [2.45, 2.75) is 23.6 Å². The molecule has 3 nitrogen and oxygen atoms in total. The molecular weight excluding hydrogens is 294 g/mol. The van der Waals surface area contributed by atoms with E-state index in [1.165, 1.54) is 6.07 Å². The molecule has 0 aromatic heterocycles. The molecule has 0 heterocycles. The maximum Gasteiger partial charge on any atom is 0.182 e. The van der Waals surface area contributed by atoms with Crippen molar-refractivity contribution in [2.24, 2.45) is 5.73 Å². The molecule has 0 aliphatic carbocycles. The molecule has 0 bridgehead atoms. The van der Waals surface area contributed by atoms with Crippen LogP contribution in [-0.4, -0.2) is 8.42 Å². The first kappa shape index (κ1) is 15.0. The minimum atomic E-state index is -3.44. The van der Waals surface area contributed by atoms with Crippen molar-refractivity contribution in [3.63, 3.8) is 0 Å². The van der Waals surface area contributed by atoms with Crippen LogP contribution >= 0.6 is 11.6 Å². The number of hydrogen-bond donors (Lipinski definition) is 1. The molecule has 0 saturated heterocycles. The van der Waals surface area contributed by atoms with Crippen LogP contribution in [0.15, 0.2) is 53.4 Å². The highest BCUT2D eigenvalue weighted by Crippen LogP contribution is 2.27. The Bertz CT molecular complexity index is 697. The standard InChI is InChI=1S/C15H16ClNO2S/c1-11(17)14-9-13(16)7-8-15(14)20(18,19)10-12-5-3-2-4-6-12/h2-9,11H,10,17H2,1H3. The van der Waals surface area contributed by atoms with Crippen LogP contribution in [0.4, 0.5) is 0 Å². The van der Waals surface area contributed by atoms with E-state index in [1.807, 2.05) is 18.2 Å². The Morgan fingerprint density at radius 3 is 2.40 bits per heavy atom. The normalized spacial score (nSPS) is 13.2. The number of sulfone groups is 1. The average molecular weight is 310 g/mol. The van der Waals surface area contributed by atoms with Crippen molar-refractivity contribution in [1.29, 1.82) is 0 Å². The third kappa shape index (κ3) is 3.39. The van der Waals surface area contributed by atoms with E-state index in [9.17, 15) is 8.42 Å². The Morgan fingerprint density at radius 2 is 1.80 bits per heavy atom. The van der Waals surface area contributed by atoms with Crippen molar-refractivity contribution in [1.82, 2.24) is 0 Å². The summed E-state index contributed by atoms with van der Waals surface area (Å²) in [6.45, 7) is 1.74. The van der Waals surface area contributed by atoms with Gasteiger partial charge in [-0.3, -0.25) is 0 Å². The van der Waals surface area contributed by atoms with Crippen molar-refractivity contribution >= 4 is 21.4 Å². The lowest BCUT2D eigenvalue weighted by Gasteiger charge is -2.14. The van der Waals surface area contributed by atoms with E-state index in [2.05, 4.69) is 0 Å². The number of halogens is 1. The minimum Gasteiger partial charge on any atom is -0.324 e. The van der Waals surface area contributed by atoms with Crippen LogP contribution in [0.3, 0.4) is 0 Å². The summed E-state index contributed by atoms with van der Waals surface area (Å²) in [5.74, 6) is -0.0464. The molecule has 0 aliphatic rings.